The highest BCUT2D eigenvalue weighted by Crippen LogP contribution is 2.25. The molecule has 5 nitrogen and oxygen atoms in total. The number of fused-ring (bicyclic) bond motifs is 1. The molecule has 1 unspecified atom stereocenters. The Morgan fingerprint density at radius 3 is 2.67 bits per heavy atom. The van der Waals surface area contributed by atoms with E-state index in [-0.39, 0.29) is 0 Å². The number of carboxylic acid groups (broad SMARTS) is 1. The molecule has 0 radical (unpaired) electrons. The standard InChI is InChI=1S/C16H19N3O2/c1-4-8-19(9-5-2)15(16(20)21)12-6-7-14-13(10-12)11-17-18(14)3/h4-7,10-11,15H,1-2,8-9H2,3H3,(H,20,21). The van der Waals surface area contributed by atoms with E-state index < -0.39 is 12.0 Å². The molecule has 110 valence electrons. The monoisotopic (exact) mass is 285 g/mol. The van der Waals surface area contributed by atoms with E-state index in [0.717, 1.165) is 16.5 Å². The molecule has 0 bridgehead atoms. The zero-order chi connectivity index (χ0) is 15.4. The largest absolute Gasteiger partial charge is 0.480 e. The molecule has 0 spiro atoms. The van der Waals surface area contributed by atoms with Crippen molar-refractivity contribution in [3.8, 4) is 0 Å². The Hall–Kier alpha value is -2.40. The predicted octanol–water partition coefficient (Wildman–Crippen LogP) is 2.37. The lowest BCUT2D eigenvalue weighted by molar-refractivity contribution is -0.143. The first kappa shape index (κ1) is 15.0. The van der Waals surface area contributed by atoms with Gasteiger partial charge in [-0.25, -0.2) is 0 Å². The summed E-state index contributed by atoms with van der Waals surface area (Å²) < 4.78 is 1.76. The van der Waals surface area contributed by atoms with Crippen LogP contribution in [0.4, 0.5) is 0 Å². The second kappa shape index (κ2) is 6.37. The summed E-state index contributed by atoms with van der Waals surface area (Å²) in [5.41, 5.74) is 1.70. The zero-order valence-corrected chi connectivity index (χ0v) is 12.1. The Bertz CT molecular complexity index is 665. The van der Waals surface area contributed by atoms with Gasteiger partial charge < -0.3 is 5.11 Å². The van der Waals surface area contributed by atoms with Crippen LogP contribution in [-0.2, 0) is 11.8 Å². The van der Waals surface area contributed by atoms with Crippen molar-refractivity contribution in [2.75, 3.05) is 13.1 Å². The van der Waals surface area contributed by atoms with Crippen LogP contribution in [0.5, 0.6) is 0 Å². The van der Waals surface area contributed by atoms with Gasteiger partial charge in [0.25, 0.3) is 0 Å². The van der Waals surface area contributed by atoms with Gasteiger partial charge in [0.15, 0.2) is 0 Å². The minimum atomic E-state index is -0.887. The fourth-order valence-electron chi connectivity index (χ4n) is 2.48. The molecule has 0 saturated heterocycles. The van der Waals surface area contributed by atoms with Gasteiger partial charge in [-0.2, -0.15) is 5.10 Å². The Labute approximate surface area is 123 Å². The van der Waals surface area contributed by atoms with Crippen LogP contribution in [0.1, 0.15) is 11.6 Å². The molecule has 5 heteroatoms. The maximum atomic E-state index is 11.7. The molecular formula is C16H19N3O2. The SMILES string of the molecule is C=CCN(CC=C)C(C(=O)O)c1ccc2c(cnn2C)c1. The van der Waals surface area contributed by atoms with Crippen molar-refractivity contribution in [3.05, 3.63) is 55.3 Å². The van der Waals surface area contributed by atoms with E-state index in [9.17, 15) is 9.90 Å². The summed E-state index contributed by atoms with van der Waals surface area (Å²) in [4.78, 5) is 13.5. The number of aliphatic carboxylic acids is 1. The maximum Gasteiger partial charge on any atom is 0.325 e. The molecule has 21 heavy (non-hydrogen) atoms. The first-order chi connectivity index (χ1) is 10.1. The fraction of sp³-hybridized carbons (Fsp3) is 0.250. The number of hydrogen-bond acceptors (Lipinski definition) is 3. The molecule has 1 atom stereocenters. The molecule has 0 aliphatic carbocycles. The lowest BCUT2D eigenvalue weighted by atomic mass is 10.0. The molecule has 2 aromatic rings. The van der Waals surface area contributed by atoms with Crippen LogP contribution >= 0.6 is 0 Å². The van der Waals surface area contributed by atoms with E-state index in [2.05, 4.69) is 18.3 Å². The zero-order valence-electron chi connectivity index (χ0n) is 12.1. The molecule has 0 aliphatic heterocycles. The lowest BCUT2D eigenvalue weighted by Gasteiger charge is -2.26. The minimum Gasteiger partial charge on any atom is -0.480 e. The van der Waals surface area contributed by atoms with Gasteiger partial charge in [0.2, 0.25) is 0 Å². The number of rotatable bonds is 7. The van der Waals surface area contributed by atoms with Gasteiger partial charge in [-0.1, -0.05) is 18.2 Å². The average Bonchev–Trinajstić information content (AvgIpc) is 2.80. The maximum absolute atomic E-state index is 11.7. The number of hydrogen-bond donors (Lipinski definition) is 1. The Kier molecular flexibility index (Phi) is 4.55. The van der Waals surface area contributed by atoms with Gasteiger partial charge in [-0.05, 0) is 17.7 Å². The van der Waals surface area contributed by atoms with E-state index in [4.69, 9.17) is 0 Å². The number of benzene rings is 1. The lowest BCUT2D eigenvalue weighted by Crippen LogP contribution is -2.34. The Morgan fingerprint density at radius 1 is 1.43 bits per heavy atom. The second-order valence-corrected chi connectivity index (χ2v) is 4.86. The summed E-state index contributed by atoms with van der Waals surface area (Å²) in [6.07, 6.45) is 5.13. The van der Waals surface area contributed by atoms with Gasteiger partial charge in [0.1, 0.15) is 6.04 Å². The first-order valence-corrected chi connectivity index (χ1v) is 6.68. The highest BCUT2D eigenvalue weighted by atomic mass is 16.4. The van der Waals surface area contributed by atoms with Gasteiger partial charge >= 0.3 is 5.97 Å². The summed E-state index contributed by atoms with van der Waals surface area (Å²) >= 11 is 0. The van der Waals surface area contributed by atoms with E-state index in [1.165, 1.54) is 0 Å². The van der Waals surface area contributed by atoms with E-state index in [1.54, 1.807) is 27.9 Å². The number of nitrogens with zero attached hydrogens (tertiary/aromatic N) is 3. The van der Waals surface area contributed by atoms with Gasteiger partial charge in [0, 0.05) is 25.5 Å². The van der Waals surface area contributed by atoms with Crippen molar-refractivity contribution in [1.29, 1.82) is 0 Å². The van der Waals surface area contributed by atoms with Crippen molar-refractivity contribution in [1.82, 2.24) is 14.7 Å². The summed E-state index contributed by atoms with van der Waals surface area (Å²) in [5.74, 6) is -0.887. The van der Waals surface area contributed by atoms with Crippen molar-refractivity contribution in [2.45, 2.75) is 6.04 Å². The predicted molar refractivity (Wildman–Crippen MR) is 83.1 cm³/mol. The number of aryl methyl sites for hydroxylation is 1. The molecule has 2 rings (SSSR count). The highest BCUT2D eigenvalue weighted by molar-refractivity contribution is 5.82. The molecule has 1 aromatic heterocycles. The summed E-state index contributed by atoms with van der Waals surface area (Å²) in [6, 6.07) is 4.88. The van der Waals surface area contributed by atoms with Crippen LogP contribution in [0.15, 0.2) is 49.7 Å². The van der Waals surface area contributed by atoms with Crippen LogP contribution in [-0.4, -0.2) is 38.8 Å². The highest BCUT2D eigenvalue weighted by Gasteiger charge is 2.26. The third kappa shape index (κ3) is 3.03. The van der Waals surface area contributed by atoms with Gasteiger partial charge in [-0.3, -0.25) is 14.4 Å². The van der Waals surface area contributed by atoms with Crippen LogP contribution < -0.4 is 0 Å². The molecule has 0 saturated carbocycles. The summed E-state index contributed by atoms with van der Waals surface area (Å²) in [6.45, 7) is 8.34. The smallest absolute Gasteiger partial charge is 0.325 e. The van der Waals surface area contributed by atoms with Gasteiger partial charge in [0.05, 0.1) is 11.7 Å². The number of aromatic nitrogens is 2. The Morgan fingerprint density at radius 2 is 2.10 bits per heavy atom. The molecule has 0 fully saturated rings. The van der Waals surface area contributed by atoms with Crippen LogP contribution in [0.3, 0.4) is 0 Å². The summed E-state index contributed by atoms with van der Waals surface area (Å²) in [7, 11) is 1.86. The topological polar surface area (TPSA) is 58.4 Å². The molecular weight excluding hydrogens is 266 g/mol. The van der Waals surface area contributed by atoms with E-state index in [0.29, 0.717) is 13.1 Å². The quantitative estimate of drug-likeness (QED) is 0.793. The first-order valence-electron chi connectivity index (χ1n) is 6.68. The van der Waals surface area contributed by atoms with Gasteiger partial charge in [-0.15, -0.1) is 13.2 Å². The normalized spacial score (nSPS) is 12.5. The third-order valence-corrected chi connectivity index (χ3v) is 3.41. The van der Waals surface area contributed by atoms with Crippen LogP contribution in [0.2, 0.25) is 0 Å². The molecule has 1 aromatic carbocycles. The minimum absolute atomic E-state index is 0.480. The third-order valence-electron chi connectivity index (χ3n) is 3.41. The Balaban J connectivity index is 2.45. The summed E-state index contributed by atoms with van der Waals surface area (Å²) in [5, 5.41) is 14.7. The molecule has 0 aliphatic rings. The van der Waals surface area contributed by atoms with Crippen molar-refractivity contribution >= 4 is 16.9 Å². The van der Waals surface area contributed by atoms with Crippen molar-refractivity contribution in [2.24, 2.45) is 7.05 Å². The van der Waals surface area contributed by atoms with Crippen LogP contribution in [0.25, 0.3) is 10.9 Å². The van der Waals surface area contributed by atoms with Crippen molar-refractivity contribution < 1.29 is 9.90 Å². The fourth-order valence-corrected chi connectivity index (χ4v) is 2.48. The van der Waals surface area contributed by atoms with E-state index in [1.807, 2.05) is 25.2 Å². The number of carbonyl (C=O) groups is 1. The number of carboxylic acids is 1. The van der Waals surface area contributed by atoms with Crippen molar-refractivity contribution in [3.63, 3.8) is 0 Å². The molecule has 1 N–H and O–H groups in total. The second-order valence-electron chi connectivity index (χ2n) is 4.86. The van der Waals surface area contributed by atoms with E-state index >= 15 is 0 Å². The molecule has 1 heterocycles. The molecule has 0 amide bonds. The van der Waals surface area contributed by atoms with Crippen LogP contribution in [0, 0.1) is 0 Å². The average molecular weight is 285 g/mol.